The van der Waals surface area contributed by atoms with Crippen LogP contribution in [0, 0.1) is 11.8 Å². The second kappa shape index (κ2) is 10.1. The van der Waals surface area contributed by atoms with Crippen LogP contribution in [-0.4, -0.2) is 94.7 Å². The van der Waals surface area contributed by atoms with Gasteiger partial charge in [-0.3, -0.25) is 10.9 Å². The Labute approximate surface area is 193 Å². The molecule has 6 unspecified atom stereocenters. The molecule has 0 spiro atoms. The van der Waals surface area contributed by atoms with Crippen LogP contribution in [0.5, 0.6) is 0 Å². The zero-order chi connectivity index (χ0) is 22.9. The fourth-order valence-corrected chi connectivity index (χ4v) is 7.66. The molecule has 4 aliphatic rings. The highest BCUT2D eigenvalue weighted by Gasteiger charge is 2.45. The van der Waals surface area contributed by atoms with E-state index in [2.05, 4.69) is 30.9 Å². The molecular weight excluding hydrogens is 432 g/mol. The minimum absolute atomic E-state index is 0.0291. The highest BCUT2D eigenvalue weighted by Crippen LogP contribution is 2.34. The van der Waals surface area contributed by atoms with Crippen LogP contribution in [0.25, 0.3) is 0 Å². The molecule has 10 nitrogen and oxygen atoms in total. The molecule has 4 fully saturated rings. The Morgan fingerprint density at radius 1 is 1.19 bits per heavy atom. The third kappa shape index (κ3) is 5.01. The first kappa shape index (κ1) is 24.7. The third-order valence-electron chi connectivity index (χ3n) is 8.05. The number of sulfonamides is 1. The molecule has 3 heterocycles. The molecule has 4 rings (SSSR count). The van der Waals surface area contributed by atoms with E-state index in [0.717, 1.165) is 45.2 Å². The lowest BCUT2D eigenvalue weighted by Gasteiger charge is -2.43. The van der Waals surface area contributed by atoms with Crippen molar-refractivity contribution >= 4 is 10.0 Å². The summed E-state index contributed by atoms with van der Waals surface area (Å²) in [6, 6.07) is 0.202. The van der Waals surface area contributed by atoms with E-state index < -0.39 is 21.1 Å². The summed E-state index contributed by atoms with van der Waals surface area (Å²) < 4.78 is 41.3. The van der Waals surface area contributed by atoms with Crippen molar-refractivity contribution in [3.63, 3.8) is 0 Å². The molecular formula is C21H42N6O4S. The number of methoxy groups -OCH3 is 1. The number of hydrogen-bond donors (Lipinski definition) is 4. The van der Waals surface area contributed by atoms with E-state index in [1.165, 1.54) is 0 Å². The summed E-state index contributed by atoms with van der Waals surface area (Å²) in [5.41, 5.74) is 6.72. The Hall–Kier alpha value is -0.370. The van der Waals surface area contributed by atoms with Gasteiger partial charge in [0.25, 0.3) is 0 Å². The zero-order valence-electron chi connectivity index (χ0n) is 20.0. The number of fused-ring (bicyclic) bond motifs is 1. The fourth-order valence-electron chi connectivity index (χ4n) is 6.13. The number of rotatable bonds is 8. The van der Waals surface area contributed by atoms with Crippen molar-refractivity contribution in [2.24, 2.45) is 11.8 Å². The van der Waals surface area contributed by atoms with Gasteiger partial charge in [0, 0.05) is 58.4 Å². The van der Waals surface area contributed by atoms with E-state index in [1.54, 1.807) is 7.11 Å². The number of likely N-dealkylation sites (N-methyl/N-ethyl adjacent to an activating group) is 1. The van der Waals surface area contributed by atoms with E-state index in [0.29, 0.717) is 25.6 Å². The average molecular weight is 475 g/mol. The smallest absolute Gasteiger partial charge is 0.217 e. The predicted octanol–water partition coefficient (Wildman–Crippen LogP) is -0.193. The van der Waals surface area contributed by atoms with Crippen LogP contribution in [-0.2, 0) is 19.5 Å². The van der Waals surface area contributed by atoms with Crippen LogP contribution in [0.2, 0.25) is 0 Å². The summed E-state index contributed by atoms with van der Waals surface area (Å²) in [6.45, 7) is 7.26. The van der Waals surface area contributed by atoms with Gasteiger partial charge in [-0.05, 0) is 52.0 Å². The van der Waals surface area contributed by atoms with Crippen molar-refractivity contribution in [1.82, 2.24) is 30.9 Å². The van der Waals surface area contributed by atoms with Crippen molar-refractivity contribution in [3.8, 4) is 0 Å². The van der Waals surface area contributed by atoms with Crippen molar-refractivity contribution in [2.75, 3.05) is 46.9 Å². The van der Waals surface area contributed by atoms with Gasteiger partial charge in [-0.1, -0.05) is 6.42 Å². The van der Waals surface area contributed by atoms with Gasteiger partial charge in [-0.15, -0.1) is 0 Å². The van der Waals surface area contributed by atoms with E-state index >= 15 is 0 Å². The maximum Gasteiger partial charge on any atom is 0.217 e. The minimum Gasteiger partial charge on any atom is -0.353 e. The van der Waals surface area contributed by atoms with Gasteiger partial charge in [0.2, 0.25) is 10.0 Å². The molecule has 186 valence electrons. The lowest BCUT2D eigenvalue weighted by Crippen LogP contribution is -2.57. The van der Waals surface area contributed by atoms with Crippen molar-refractivity contribution in [3.05, 3.63) is 0 Å². The molecule has 1 aliphatic carbocycles. The third-order valence-corrected chi connectivity index (χ3v) is 9.87. The highest BCUT2D eigenvalue weighted by atomic mass is 32.2. The maximum atomic E-state index is 13.3. The lowest BCUT2D eigenvalue weighted by atomic mass is 9.82. The number of piperidine rings is 1. The number of nitrogens with zero attached hydrogens (tertiary/aromatic N) is 2. The second-order valence-corrected chi connectivity index (χ2v) is 11.9. The second-order valence-electron chi connectivity index (χ2n) is 9.90. The molecule has 0 radical (unpaired) electrons. The van der Waals surface area contributed by atoms with Gasteiger partial charge >= 0.3 is 0 Å². The lowest BCUT2D eigenvalue weighted by molar-refractivity contribution is -0.247. The Morgan fingerprint density at radius 3 is 2.75 bits per heavy atom. The highest BCUT2D eigenvalue weighted by molar-refractivity contribution is 7.90. The summed E-state index contributed by atoms with van der Waals surface area (Å²) >= 11 is 0. The van der Waals surface area contributed by atoms with Crippen molar-refractivity contribution < 1.29 is 17.9 Å². The Kier molecular flexibility index (Phi) is 7.80. The molecule has 7 atom stereocenters. The van der Waals surface area contributed by atoms with Crippen LogP contribution in [0.3, 0.4) is 0 Å². The Morgan fingerprint density at radius 2 is 2.00 bits per heavy atom. The van der Waals surface area contributed by atoms with Gasteiger partial charge < -0.3 is 14.8 Å². The Bertz CT molecular complexity index is 740. The number of hydrogen-bond acceptors (Lipinski definition) is 9. The number of hydrazine groups is 2. The van der Waals surface area contributed by atoms with Gasteiger partial charge in [-0.2, -0.15) is 0 Å². The van der Waals surface area contributed by atoms with E-state index in [-0.39, 0.29) is 24.2 Å². The fraction of sp³-hybridized carbons (Fsp3) is 1.00. The number of nitrogens with one attached hydrogen (secondary N) is 4. The SMILES string of the molecule is CCO[C@@](C)(OC)C1CCNC(N2CC(S(=O)(=O)NC3CCCC4CNN(C)C43)CN2)C1. The van der Waals surface area contributed by atoms with Gasteiger partial charge in [-0.25, -0.2) is 23.2 Å². The molecule has 0 bridgehead atoms. The molecule has 0 aromatic rings. The molecule has 0 amide bonds. The average Bonchev–Trinajstić information content (AvgIpc) is 3.42. The standard InChI is InChI=1S/C21H42N6O4S/c1-5-31-21(2,30-4)16-9-10-22-19(11-16)27-14-17(13-24-27)32(28,29)25-18-8-6-7-15-12-23-26(3)20(15)18/h15-20,22-25H,5-14H2,1-4H3/t15?,16?,17?,18?,19?,20?,21-/m1/s1. The Balaban J connectivity index is 1.36. The van der Waals surface area contributed by atoms with Crippen molar-refractivity contribution in [2.45, 2.75) is 75.2 Å². The molecule has 3 aliphatic heterocycles. The number of ether oxygens (including phenoxy) is 2. The summed E-state index contributed by atoms with van der Waals surface area (Å²) in [5.74, 6) is 0.128. The minimum atomic E-state index is -3.43. The first-order valence-electron chi connectivity index (χ1n) is 12.2. The molecule has 4 N–H and O–H groups in total. The first-order chi connectivity index (χ1) is 15.3. The van der Waals surface area contributed by atoms with Crippen LogP contribution in [0.4, 0.5) is 0 Å². The molecule has 0 aromatic carbocycles. The summed E-state index contributed by atoms with van der Waals surface area (Å²) in [5, 5.41) is 7.24. The van der Waals surface area contributed by atoms with Crippen LogP contribution < -0.4 is 20.9 Å². The largest absolute Gasteiger partial charge is 0.353 e. The summed E-state index contributed by atoms with van der Waals surface area (Å²) in [6.07, 6.45) is 4.98. The molecule has 3 saturated heterocycles. The van der Waals surface area contributed by atoms with Crippen LogP contribution in [0.15, 0.2) is 0 Å². The summed E-state index contributed by atoms with van der Waals surface area (Å²) in [7, 11) is 0.287. The topological polar surface area (TPSA) is 107 Å². The van der Waals surface area contributed by atoms with E-state index in [9.17, 15) is 8.42 Å². The van der Waals surface area contributed by atoms with Crippen LogP contribution in [0.1, 0.15) is 46.0 Å². The zero-order valence-corrected chi connectivity index (χ0v) is 20.8. The van der Waals surface area contributed by atoms with Crippen LogP contribution >= 0.6 is 0 Å². The van der Waals surface area contributed by atoms with Gasteiger partial charge in [0.05, 0.1) is 6.17 Å². The normalized spacial score (nSPS) is 39.1. The predicted molar refractivity (Wildman–Crippen MR) is 123 cm³/mol. The van der Waals surface area contributed by atoms with Gasteiger partial charge in [0.1, 0.15) is 5.25 Å². The van der Waals surface area contributed by atoms with E-state index in [1.807, 2.05) is 20.9 Å². The maximum absolute atomic E-state index is 13.3. The first-order valence-corrected chi connectivity index (χ1v) is 13.7. The quantitative estimate of drug-likeness (QED) is 0.356. The molecule has 11 heteroatoms. The van der Waals surface area contributed by atoms with Crippen molar-refractivity contribution in [1.29, 1.82) is 0 Å². The molecule has 1 saturated carbocycles. The summed E-state index contributed by atoms with van der Waals surface area (Å²) in [4.78, 5) is 0. The molecule has 32 heavy (non-hydrogen) atoms. The molecule has 0 aromatic heterocycles. The van der Waals surface area contributed by atoms with E-state index in [4.69, 9.17) is 9.47 Å². The monoisotopic (exact) mass is 474 g/mol. The van der Waals surface area contributed by atoms with Gasteiger partial charge in [0.15, 0.2) is 5.79 Å².